The third-order valence-electron chi connectivity index (χ3n) is 1.70. The van der Waals surface area contributed by atoms with E-state index in [9.17, 15) is 4.79 Å². The summed E-state index contributed by atoms with van der Waals surface area (Å²) in [6.07, 6.45) is 0. The minimum absolute atomic E-state index is 0.263. The zero-order valence-corrected chi connectivity index (χ0v) is 10.1. The molecule has 0 amide bonds. The van der Waals surface area contributed by atoms with E-state index < -0.39 is 0 Å². The van der Waals surface area contributed by atoms with E-state index in [1.165, 1.54) is 14.2 Å². The molecule has 5 heteroatoms. The molecule has 0 atom stereocenters. The van der Waals surface area contributed by atoms with Crippen molar-refractivity contribution in [1.29, 1.82) is 0 Å². The number of methoxy groups -OCH3 is 2. The maximum atomic E-state index is 11.3. The van der Waals surface area contributed by atoms with E-state index in [0.717, 1.165) is 0 Å². The van der Waals surface area contributed by atoms with Crippen molar-refractivity contribution in [3.8, 4) is 11.5 Å². The van der Waals surface area contributed by atoms with Crippen molar-refractivity contribution < 1.29 is 14.3 Å². The van der Waals surface area contributed by atoms with Crippen LogP contribution in [0.25, 0.3) is 0 Å². The molecule has 14 heavy (non-hydrogen) atoms. The topological polar surface area (TPSA) is 35.5 Å². The Kier molecular flexibility index (Phi) is 3.81. The number of hydrogen-bond donors (Lipinski definition) is 0. The Balaban J connectivity index is 3.43. The second-order valence-electron chi connectivity index (χ2n) is 2.45. The summed E-state index contributed by atoms with van der Waals surface area (Å²) in [5, 5.41) is 0.381. The maximum absolute atomic E-state index is 11.3. The molecule has 0 bridgehead atoms. The van der Waals surface area contributed by atoms with Gasteiger partial charge in [0.1, 0.15) is 0 Å². The summed E-state index contributed by atoms with van der Waals surface area (Å²) in [6, 6.07) is 3.24. The fraction of sp³-hybridized carbons (Fsp3) is 0.222. The number of carbonyl (C=O) groups is 1. The first-order chi connectivity index (χ1) is 6.61. The number of hydrogen-bond acceptors (Lipinski definition) is 3. The van der Waals surface area contributed by atoms with Gasteiger partial charge in [-0.3, -0.25) is 0 Å². The van der Waals surface area contributed by atoms with E-state index in [2.05, 4.69) is 16.0 Å². The predicted molar refractivity (Wildman–Crippen MR) is 54.6 cm³/mol. The van der Waals surface area contributed by atoms with Crippen molar-refractivity contribution in [3.63, 3.8) is 0 Å². The zero-order chi connectivity index (χ0) is 10.7. The third-order valence-corrected chi connectivity index (χ3v) is 2.43. The van der Waals surface area contributed by atoms with Crippen molar-refractivity contribution >= 4 is 32.3 Å². The summed E-state index contributed by atoms with van der Waals surface area (Å²) in [5.74, 6) is 0.768. The van der Waals surface area contributed by atoms with Gasteiger partial charge in [-0.1, -0.05) is 0 Å². The minimum atomic E-state index is -0.263. The van der Waals surface area contributed by atoms with Gasteiger partial charge in [-0.05, 0) is 0 Å². The first-order valence-electron chi connectivity index (χ1n) is 3.73. The molecule has 0 N–H and O–H groups in total. The summed E-state index contributed by atoms with van der Waals surface area (Å²) in [7, 11) is 2.93. The van der Waals surface area contributed by atoms with Crippen LogP contribution in [0, 0.1) is 0 Å². The molecular weight excluding hydrogens is 271 g/mol. The Morgan fingerprint density at radius 2 is 2.00 bits per heavy atom. The Morgan fingerprint density at radius 1 is 1.36 bits per heavy atom. The average Bonchev–Trinajstić information content (AvgIpc) is 2.17. The zero-order valence-electron chi connectivity index (χ0n) is 7.67. The van der Waals surface area contributed by atoms with Gasteiger partial charge < -0.3 is 0 Å². The number of carbonyl (C=O) groups excluding carboxylic acids is 1. The van der Waals surface area contributed by atoms with Gasteiger partial charge in [0, 0.05) is 0 Å². The molecule has 0 spiro atoms. The number of ether oxygens (including phenoxy) is 2. The molecule has 0 saturated carbocycles. The van der Waals surface area contributed by atoms with Crippen LogP contribution >= 0.6 is 11.6 Å². The third kappa shape index (κ3) is 2.03. The number of benzene rings is 1. The van der Waals surface area contributed by atoms with Crippen LogP contribution in [0.1, 0.15) is 10.4 Å². The Labute approximate surface area is 95.2 Å². The molecule has 0 unspecified atom stereocenters. The van der Waals surface area contributed by atoms with E-state index in [1.807, 2.05) is 0 Å². The van der Waals surface area contributed by atoms with Crippen molar-refractivity contribution in [2.75, 3.05) is 14.2 Å². The van der Waals surface area contributed by atoms with Crippen molar-refractivity contribution in [2.24, 2.45) is 0 Å². The second-order valence-corrected chi connectivity index (χ2v) is 3.63. The normalized spacial score (nSPS) is 9.64. The van der Waals surface area contributed by atoms with Crippen LogP contribution in [-0.4, -0.2) is 34.9 Å². The van der Waals surface area contributed by atoms with Gasteiger partial charge in [0.2, 0.25) is 0 Å². The van der Waals surface area contributed by atoms with Gasteiger partial charge >= 0.3 is 95.0 Å². The van der Waals surface area contributed by atoms with Crippen molar-refractivity contribution in [1.82, 2.24) is 0 Å². The Morgan fingerprint density at radius 3 is 2.43 bits per heavy atom. The monoisotopic (exact) mass is 279 g/mol. The molecule has 0 fully saturated rings. The van der Waals surface area contributed by atoms with Crippen molar-refractivity contribution in [2.45, 2.75) is 0 Å². The summed E-state index contributed by atoms with van der Waals surface area (Å²) in [5.41, 5.74) is 0.322. The number of rotatable bonds is 3. The van der Waals surface area contributed by atoms with Crippen LogP contribution in [0.2, 0.25) is 5.02 Å². The van der Waals surface area contributed by atoms with Gasteiger partial charge in [-0.15, -0.1) is 0 Å². The molecule has 3 nitrogen and oxygen atoms in total. The molecule has 0 saturated heterocycles. The van der Waals surface area contributed by atoms with E-state index in [4.69, 9.17) is 21.1 Å². The van der Waals surface area contributed by atoms with Crippen LogP contribution in [-0.2, 0) is 0 Å². The molecule has 1 rings (SSSR count). The summed E-state index contributed by atoms with van der Waals surface area (Å²) < 4.78 is 9.79. The molecule has 0 heterocycles. The van der Waals surface area contributed by atoms with Gasteiger partial charge in [0.05, 0.1) is 0 Å². The average molecular weight is 279 g/mol. The van der Waals surface area contributed by atoms with Gasteiger partial charge in [0.25, 0.3) is 0 Å². The van der Waals surface area contributed by atoms with Gasteiger partial charge in [0.15, 0.2) is 0 Å². The molecule has 75 valence electrons. The molecule has 1 radical (unpaired) electrons. The molecule has 1 aromatic carbocycles. The first-order valence-corrected chi connectivity index (χ1v) is 4.97. The SMILES string of the molecule is COc1ccc(Cl)c(OC)c1C(=O)[Se]. The van der Waals surface area contributed by atoms with E-state index in [-0.39, 0.29) is 4.68 Å². The van der Waals surface area contributed by atoms with Gasteiger partial charge in [-0.2, -0.15) is 0 Å². The molecular formula is C9H8ClO3Se. The standard InChI is InChI=1S/C9H8ClO3Se/c1-12-6-4-3-5(10)8(13-2)7(6)9(11)14/h3-4H,1-2H3. The first kappa shape index (κ1) is 11.4. The molecule has 0 aliphatic carbocycles. The Hall–Kier alpha value is -0.701. The summed E-state index contributed by atoms with van der Waals surface area (Å²) in [6.45, 7) is 0. The second kappa shape index (κ2) is 4.69. The van der Waals surface area contributed by atoms with Crippen molar-refractivity contribution in [3.05, 3.63) is 22.7 Å². The van der Waals surface area contributed by atoms with Gasteiger partial charge in [-0.25, -0.2) is 0 Å². The summed E-state index contributed by atoms with van der Waals surface area (Å²) in [4.78, 5) is 11.3. The quantitative estimate of drug-likeness (QED) is 0.789. The van der Waals surface area contributed by atoms with E-state index >= 15 is 0 Å². The molecule has 0 aliphatic rings. The van der Waals surface area contributed by atoms with Crippen LogP contribution < -0.4 is 9.47 Å². The fourth-order valence-corrected chi connectivity index (χ4v) is 1.74. The van der Waals surface area contributed by atoms with E-state index in [0.29, 0.717) is 22.1 Å². The van der Waals surface area contributed by atoms with Crippen LogP contribution in [0.5, 0.6) is 11.5 Å². The van der Waals surface area contributed by atoms with Crippen LogP contribution in [0.3, 0.4) is 0 Å². The molecule has 0 aromatic heterocycles. The van der Waals surface area contributed by atoms with E-state index in [1.54, 1.807) is 12.1 Å². The number of halogens is 1. The fourth-order valence-electron chi connectivity index (χ4n) is 1.10. The van der Waals surface area contributed by atoms with Crippen LogP contribution in [0.4, 0.5) is 0 Å². The molecule has 0 aliphatic heterocycles. The summed E-state index contributed by atoms with van der Waals surface area (Å²) >= 11 is 8.23. The molecule has 1 aromatic rings. The Bertz CT molecular complexity index is 365. The predicted octanol–water partition coefficient (Wildman–Crippen LogP) is 1.67. The van der Waals surface area contributed by atoms with Crippen LogP contribution in [0.15, 0.2) is 12.1 Å².